The van der Waals surface area contributed by atoms with E-state index in [4.69, 9.17) is 10.8 Å². The molecule has 21 heavy (non-hydrogen) atoms. The number of alkyl halides is 3. The van der Waals surface area contributed by atoms with Crippen LogP contribution in [0, 0.1) is 0 Å². The molecule has 7 heteroatoms. The summed E-state index contributed by atoms with van der Waals surface area (Å²) in [4.78, 5) is 11.1. The number of carboxylic acid groups (broad SMARTS) is 1. The summed E-state index contributed by atoms with van der Waals surface area (Å²) in [5.74, 6) is -1.28. The molecule has 0 bridgehead atoms. The Morgan fingerprint density at radius 3 is 2.38 bits per heavy atom. The molecule has 2 aromatic rings. The fourth-order valence-corrected chi connectivity index (χ4v) is 1.83. The highest BCUT2D eigenvalue weighted by molar-refractivity contribution is 5.96. The maximum Gasteiger partial charge on any atom is 0.418 e. The van der Waals surface area contributed by atoms with Gasteiger partial charge in [-0.1, -0.05) is 12.1 Å². The van der Waals surface area contributed by atoms with Gasteiger partial charge in [-0.2, -0.15) is 13.2 Å². The number of carboxylic acids is 1. The minimum atomic E-state index is -4.54. The number of rotatable bonds is 3. The number of nitrogens with one attached hydrogen (secondary N) is 1. The lowest BCUT2D eigenvalue weighted by Crippen LogP contribution is -2.10. The largest absolute Gasteiger partial charge is 0.478 e. The summed E-state index contributed by atoms with van der Waals surface area (Å²) >= 11 is 0. The van der Waals surface area contributed by atoms with Gasteiger partial charge in [0.15, 0.2) is 0 Å². The number of aromatic carboxylic acids is 1. The highest BCUT2D eigenvalue weighted by Gasteiger charge is 2.33. The van der Waals surface area contributed by atoms with Crippen molar-refractivity contribution < 1.29 is 23.1 Å². The van der Waals surface area contributed by atoms with Crippen molar-refractivity contribution in [1.29, 1.82) is 0 Å². The normalized spacial score (nSPS) is 11.2. The van der Waals surface area contributed by atoms with Gasteiger partial charge in [0.25, 0.3) is 0 Å². The van der Waals surface area contributed by atoms with E-state index >= 15 is 0 Å². The second-order valence-corrected chi connectivity index (χ2v) is 4.28. The number of hydrogen-bond donors (Lipinski definition) is 3. The molecular weight excluding hydrogens is 285 g/mol. The Hall–Kier alpha value is -2.70. The zero-order valence-electron chi connectivity index (χ0n) is 10.6. The van der Waals surface area contributed by atoms with E-state index in [1.54, 1.807) is 0 Å². The number of carbonyl (C=O) groups is 1. The first kappa shape index (κ1) is 14.7. The van der Waals surface area contributed by atoms with Crippen LogP contribution in [0.4, 0.5) is 30.2 Å². The highest BCUT2D eigenvalue weighted by Crippen LogP contribution is 2.36. The van der Waals surface area contributed by atoms with Gasteiger partial charge in [-0.25, -0.2) is 4.79 Å². The molecule has 0 radical (unpaired) electrons. The molecule has 0 amide bonds. The van der Waals surface area contributed by atoms with Gasteiger partial charge in [-0.3, -0.25) is 0 Å². The first-order valence-electron chi connectivity index (χ1n) is 5.85. The van der Waals surface area contributed by atoms with Crippen LogP contribution in [0.25, 0.3) is 0 Å². The zero-order valence-corrected chi connectivity index (χ0v) is 10.6. The Morgan fingerprint density at radius 2 is 1.76 bits per heavy atom. The SMILES string of the molecule is Nc1ccc(Nc2ccccc2C(F)(F)F)c(C(=O)O)c1. The van der Waals surface area contributed by atoms with Crippen LogP contribution in [0.5, 0.6) is 0 Å². The molecule has 0 fully saturated rings. The maximum atomic E-state index is 12.9. The third-order valence-electron chi connectivity index (χ3n) is 2.78. The van der Waals surface area contributed by atoms with E-state index in [9.17, 15) is 18.0 Å². The third-order valence-corrected chi connectivity index (χ3v) is 2.78. The number of para-hydroxylation sites is 1. The summed E-state index contributed by atoms with van der Waals surface area (Å²) in [5, 5.41) is 11.6. The number of anilines is 3. The van der Waals surface area contributed by atoms with E-state index in [0.29, 0.717) is 0 Å². The van der Waals surface area contributed by atoms with Gasteiger partial charge in [0.1, 0.15) is 0 Å². The third kappa shape index (κ3) is 3.25. The Morgan fingerprint density at radius 1 is 1.10 bits per heavy atom. The van der Waals surface area contributed by atoms with Crippen LogP contribution in [0.1, 0.15) is 15.9 Å². The van der Waals surface area contributed by atoms with E-state index < -0.39 is 17.7 Å². The van der Waals surface area contributed by atoms with Gasteiger partial charge in [-0.15, -0.1) is 0 Å². The van der Waals surface area contributed by atoms with Crippen molar-refractivity contribution in [3.05, 3.63) is 53.6 Å². The molecular formula is C14H11F3N2O2. The van der Waals surface area contributed by atoms with E-state index in [0.717, 1.165) is 6.07 Å². The average molecular weight is 296 g/mol. The molecule has 2 rings (SSSR count). The monoisotopic (exact) mass is 296 g/mol. The molecule has 0 aliphatic heterocycles. The second kappa shape index (κ2) is 5.35. The molecule has 0 saturated carbocycles. The Balaban J connectivity index is 2.47. The highest BCUT2D eigenvalue weighted by atomic mass is 19.4. The van der Waals surface area contributed by atoms with Crippen molar-refractivity contribution in [3.63, 3.8) is 0 Å². The van der Waals surface area contributed by atoms with Gasteiger partial charge in [0.05, 0.1) is 22.5 Å². The topological polar surface area (TPSA) is 75.3 Å². The fourth-order valence-electron chi connectivity index (χ4n) is 1.83. The first-order valence-corrected chi connectivity index (χ1v) is 5.85. The van der Waals surface area contributed by atoms with E-state index in [1.807, 2.05) is 0 Å². The van der Waals surface area contributed by atoms with Crippen molar-refractivity contribution in [3.8, 4) is 0 Å². The fraction of sp³-hybridized carbons (Fsp3) is 0.0714. The number of nitrogen functional groups attached to an aromatic ring is 1. The molecule has 0 aromatic heterocycles. The lowest BCUT2D eigenvalue weighted by molar-refractivity contribution is -0.136. The molecule has 0 spiro atoms. The summed E-state index contributed by atoms with van der Waals surface area (Å²) in [6.07, 6.45) is -4.54. The first-order chi connectivity index (χ1) is 9.79. The molecule has 0 aliphatic carbocycles. The van der Waals surface area contributed by atoms with Gasteiger partial charge >= 0.3 is 12.1 Å². The van der Waals surface area contributed by atoms with Crippen molar-refractivity contribution >= 4 is 23.0 Å². The summed E-state index contributed by atoms with van der Waals surface area (Å²) in [7, 11) is 0. The van der Waals surface area contributed by atoms with Gasteiger partial charge in [0, 0.05) is 5.69 Å². The number of halogens is 3. The van der Waals surface area contributed by atoms with Crippen molar-refractivity contribution in [2.75, 3.05) is 11.1 Å². The van der Waals surface area contributed by atoms with Crippen LogP contribution in [0.2, 0.25) is 0 Å². The number of hydrogen-bond acceptors (Lipinski definition) is 3. The molecule has 0 unspecified atom stereocenters. The minimum Gasteiger partial charge on any atom is -0.478 e. The minimum absolute atomic E-state index is 0.0356. The van der Waals surface area contributed by atoms with E-state index in [1.165, 1.54) is 36.4 Å². The summed E-state index contributed by atoms with van der Waals surface area (Å²) < 4.78 is 38.7. The zero-order chi connectivity index (χ0) is 15.6. The summed E-state index contributed by atoms with van der Waals surface area (Å²) in [6.45, 7) is 0. The molecule has 2 aromatic carbocycles. The van der Waals surface area contributed by atoms with Crippen molar-refractivity contribution in [2.24, 2.45) is 0 Å². The summed E-state index contributed by atoms with van der Waals surface area (Å²) in [5.41, 5.74) is 4.43. The van der Waals surface area contributed by atoms with Gasteiger partial charge in [0.2, 0.25) is 0 Å². The van der Waals surface area contributed by atoms with Crippen LogP contribution in [-0.2, 0) is 6.18 Å². The molecule has 0 atom stereocenters. The number of benzene rings is 2. The van der Waals surface area contributed by atoms with Crippen molar-refractivity contribution in [1.82, 2.24) is 0 Å². The lowest BCUT2D eigenvalue weighted by atomic mass is 10.1. The Bertz CT molecular complexity index is 684. The van der Waals surface area contributed by atoms with Crippen LogP contribution < -0.4 is 11.1 Å². The van der Waals surface area contributed by atoms with Gasteiger partial charge < -0.3 is 16.2 Å². The van der Waals surface area contributed by atoms with Crippen LogP contribution in [-0.4, -0.2) is 11.1 Å². The van der Waals surface area contributed by atoms with Crippen LogP contribution in [0.3, 0.4) is 0 Å². The van der Waals surface area contributed by atoms with Crippen LogP contribution >= 0.6 is 0 Å². The van der Waals surface area contributed by atoms with Gasteiger partial charge in [-0.05, 0) is 30.3 Å². The molecule has 4 nitrogen and oxygen atoms in total. The molecule has 4 N–H and O–H groups in total. The summed E-state index contributed by atoms with van der Waals surface area (Å²) in [6, 6.07) is 8.74. The van der Waals surface area contributed by atoms with E-state index in [-0.39, 0.29) is 22.6 Å². The molecule has 0 saturated heterocycles. The average Bonchev–Trinajstić information content (AvgIpc) is 2.40. The van der Waals surface area contributed by atoms with Crippen LogP contribution in [0.15, 0.2) is 42.5 Å². The molecule has 0 heterocycles. The lowest BCUT2D eigenvalue weighted by Gasteiger charge is -2.15. The maximum absolute atomic E-state index is 12.9. The standard InChI is InChI=1S/C14H11F3N2O2/c15-14(16,17)10-3-1-2-4-12(10)19-11-6-5-8(18)7-9(11)13(20)21/h1-7,19H,18H2,(H,20,21). The predicted octanol–water partition coefficient (Wildman–Crippen LogP) is 3.73. The smallest absolute Gasteiger partial charge is 0.418 e. The Kier molecular flexibility index (Phi) is 3.75. The predicted molar refractivity (Wildman–Crippen MR) is 72.5 cm³/mol. The second-order valence-electron chi connectivity index (χ2n) is 4.28. The quantitative estimate of drug-likeness (QED) is 0.754. The van der Waals surface area contributed by atoms with E-state index in [2.05, 4.69) is 5.32 Å². The van der Waals surface area contributed by atoms with Crippen molar-refractivity contribution in [2.45, 2.75) is 6.18 Å². The number of nitrogens with two attached hydrogens (primary N) is 1. The Labute approximate surface area is 118 Å². The molecule has 110 valence electrons. The molecule has 0 aliphatic rings.